The highest BCUT2D eigenvalue weighted by atomic mass is 19.4. The Morgan fingerprint density at radius 2 is 0.877 bits per heavy atom. The van der Waals surface area contributed by atoms with Gasteiger partial charge in [0.05, 0.1) is 66.8 Å². The smallest absolute Gasteiger partial charge is 0.259 e. The number of fused-ring (bicyclic) bond motifs is 3. The summed E-state index contributed by atoms with van der Waals surface area (Å²) < 4.78 is 123. The topological polar surface area (TPSA) is 139 Å². The normalized spacial score (nSPS) is 14.9. The van der Waals surface area contributed by atoms with E-state index in [-0.39, 0.29) is 62.6 Å². The summed E-state index contributed by atoms with van der Waals surface area (Å²) in [5.41, 5.74) is -5.59. The number of allylic oxidation sites excluding steroid dienone is 2. The molecule has 0 atom stereocenters. The summed E-state index contributed by atoms with van der Waals surface area (Å²) in [6.45, 7) is 12.9. The molecule has 0 amide bonds. The Bertz CT molecular complexity index is 3050. The van der Waals surface area contributed by atoms with Crippen molar-refractivity contribution in [2.75, 3.05) is 0 Å². The number of alkyl halides is 9. The second kappa shape index (κ2) is 13.2. The van der Waals surface area contributed by atoms with Gasteiger partial charge < -0.3 is 0 Å². The molecule has 0 fully saturated rings. The third-order valence-corrected chi connectivity index (χ3v) is 8.91. The number of rotatable bonds is 3. The fourth-order valence-electron chi connectivity index (χ4n) is 6.06. The zero-order valence-electron chi connectivity index (χ0n) is 29.0. The lowest BCUT2D eigenvalue weighted by Crippen LogP contribution is -2.29. The van der Waals surface area contributed by atoms with E-state index in [2.05, 4.69) is 39.8 Å². The Morgan fingerprint density at radius 1 is 0.509 bits per heavy atom. The molecule has 10 nitrogen and oxygen atoms in total. The van der Waals surface area contributed by atoms with Gasteiger partial charge in [-0.05, 0) is 91.6 Å². The zero-order valence-corrected chi connectivity index (χ0v) is 29.0. The van der Waals surface area contributed by atoms with Crippen LogP contribution < -0.4 is 32.1 Å². The van der Waals surface area contributed by atoms with Crippen LogP contribution in [0.3, 0.4) is 0 Å². The average molecular weight is 785 g/mol. The SMILES string of the molecule is [C-]#[N+]/C(=C1\N=c2cc(C)c(C(F)(F)F)cc2=N1)c1cc(C(C#N)=C2N=c3cc(C(F)(F)F)c(C(F)(F)F)cc3=N2)cc(C(C#N)=C2N=c3cc(C)c(C)cc3=N2)n1. The molecule has 0 aliphatic carbocycles. The second-order valence-electron chi connectivity index (χ2n) is 12.7. The second-order valence-corrected chi connectivity index (χ2v) is 12.7. The van der Waals surface area contributed by atoms with Crippen LogP contribution in [0.15, 0.2) is 95.9 Å². The van der Waals surface area contributed by atoms with Gasteiger partial charge in [0.15, 0.2) is 17.5 Å². The van der Waals surface area contributed by atoms with Gasteiger partial charge in [0.2, 0.25) is 0 Å². The van der Waals surface area contributed by atoms with Crippen molar-refractivity contribution >= 4 is 16.8 Å². The molecule has 0 N–H and O–H groups in total. The van der Waals surface area contributed by atoms with Crippen molar-refractivity contribution in [2.24, 2.45) is 30.0 Å². The summed E-state index contributed by atoms with van der Waals surface area (Å²) in [4.78, 5) is 33.0. The maximum absolute atomic E-state index is 13.7. The number of halogens is 9. The molecule has 3 aromatic carbocycles. The van der Waals surface area contributed by atoms with E-state index in [1.807, 2.05) is 19.9 Å². The molecular formula is C38H17F9N10. The minimum atomic E-state index is -5.43. The van der Waals surface area contributed by atoms with E-state index >= 15 is 0 Å². The molecule has 19 heteroatoms. The van der Waals surface area contributed by atoms with Gasteiger partial charge in [-0.3, -0.25) is 4.98 Å². The summed E-state index contributed by atoms with van der Waals surface area (Å²) in [7, 11) is 0. The average Bonchev–Trinajstić information content (AvgIpc) is 3.83. The molecular weight excluding hydrogens is 767 g/mol. The predicted molar refractivity (Wildman–Crippen MR) is 178 cm³/mol. The highest BCUT2D eigenvalue weighted by molar-refractivity contribution is 5.86. The molecule has 57 heavy (non-hydrogen) atoms. The third kappa shape index (κ3) is 6.82. The predicted octanol–water partition coefficient (Wildman–Crippen LogP) is 5.85. The van der Waals surface area contributed by atoms with Gasteiger partial charge in [0, 0.05) is 0 Å². The summed E-state index contributed by atoms with van der Waals surface area (Å²) in [5, 5.41) is 20.1. The lowest BCUT2D eigenvalue weighted by Gasteiger charge is -2.14. The standard InChI is InChI=1S/C38H17F9N10/c1-15-5-25-26(6-16(15)2)53-34(52-25)20(14-49)24-8-18(19(13-48)33-54-29-11-22(37(42,43)44)23(38(45,46)47)12-30(29)55-33)9-31(51-24)32(50-4)35-56-27-7-17(3)21(36(39,40)41)10-28(27)57-35/h5-12H,1-3H3/b35-32+. The van der Waals surface area contributed by atoms with Crippen molar-refractivity contribution in [1.82, 2.24) is 4.98 Å². The van der Waals surface area contributed by atoms with Gasteiger partial charge in [0.25, 0.3) is 5.70 Å². The molecule has 0 saturated carbocycles. The van der Waals surface area contributed by atoms with E-state index in [4.69, 9.17) is 6.57 Å². The lowest BCUT2D eigenvalue weighted by atomic mass is 10.0. The first-order valence-corrected chi connectivity index (χ1v) is 16.1. The summed E-state index contributed by atoms with van der Waals surface area (Å²) >= 11 is 0. The lowest BCUT2D eigenvalue weighted by molar-refractivity contribution is -0.162. The van der Waals surface area contributed by atoms with Crippen molar-refractivity contribution in [3.63, 3.8) is 0 Å². The number of hydrogen-bond donors (Lipinski definition) is 0. The maximum Gasteiger partial charge on any atom is 0.417 e. The number of hydrogen-bond acceptors (Lipinski definition) is 9. The quantitative estimate of drug-likeness (QED) is 0.146. The fraction of sp³-hybridized carbons (Fsp3) is 0.158. The van der Waals surface area contributed by atoms with Gasteiger partial charge >= 0.3 is 18.5 Å². The van der Waals surface area contributed by atoms with Crippen molar-refractivity contribution in [1.29, 1.82) is 10.5 Å². The molecule has 0 bridgehead atoms. The fourth-order valence-corrected chi connectivity index (χ4v) is 6.06. The molecule has 0 radical (unpaired) electrons. The van der Waals surface area contributed by atoms with E-state index in [9.17, 15) is 50.0 Å². The van der Waals surface area contributed by atoms with Crippen LogP contribution in [0.4, 0.5) is 39.5 Å². The molecule has 4 aromatic rings. The first kappa shape index (κ1) is 38.0. The first-order valence-electron chi connectivity index (χ1n) is 16.1. The third-order valence-electron chi connectivity index (χ3n) is 8.91. The van der Waals surface area contributed by atoms with E-state index < -0.39 is 63.0 Å². The van der Waals surface area contributed by atoms with E-state index in [0.29, 0.717) is 10.7 Å². The van der Waals surface area contributed by atoms with Crippen LogP contribution in [0.25, 0.3) is 21.7 Å². The summed E-state index contributed by atoms with van der Waals surface area (Å²) in [6.07, 6.45) is -15.6. The molecule has 0 unspecified atom stereocenters. The van der Waals surface area contributed by atoms with Crippen LogP contribution >= 0.6 is 0 Å². The van der Waals surface area contributed by atoms with E-state index in [1.54, 1.807) is 18.2 Å². The van der Waals surface area contributed by atoms with Gasteiger partial charge in [0.1, 0.15) is 23.3 Å². The zero-order chi connectivity index (χ0) is 41.4. The molecule has 0 spiro atoms. The number of aryl methyl sites for hydroxylation is 3. The molecule has 3 aliphatic heterocycles. The van der Waals surface area contributed by atoms with Gasteiger partial charge in [-0.25, -0.2) is 34.8 Å². The highest BCUT2D eigenvalue weighted by Gasteiger charge is 2.43. The Balaban J connectivity index is 1.50. The van der Waals surface area contributed by atoms with Crippen LogP contribution in [0, 0.1) is 50.0 Å². The monoisotopic (exact) mass is 784 g/mol. The van der Waals surface area contributed by atoms with Crippen LogP contribution in [0.2, 0.25) is 0 Å². The molecule has 282 valence electrons. The maximum atomic E-state index is 13.7. The van der Waals surface area contributed by atoms with Crippen LogP contribution in [0.1, 0.15) is 50.3 Å². The molecule has 7 rings (SSSR count). The van der Waals surface area contributed by atoms with Crippen molar-refractivity contribution in [2.45, 2.75) is 39.3 Å². The summed E-state index contributed by atoms with van der Waals surface area (Å²) in [6, 6.07) is 11.7. The summed E-state index contributed by atoms with van der Waals surface area (Å²) in [5.74, 6) is -1.13. The molecule has 0 saturated heterocycles. The Kier molecular flexibility index (Phi) is 8.77. The number of pyridine rings is 1. The van der Waals surface area contributed by atoms with E-state index in [0.717, 1.165) is 35.4 Å². The van der Waals surface area contributed by atoms with E-state index in [1.165, 1.54) is 6.92 Å². The largest absolute Gasteiger partial charge is 0.417 e. The molecule has 4 heterocycles. The Morgan fingerprint density at radius 3 is 1.30 bits per heavy atom. The van der Waals surface area contributed by atoms with Crippen molar-refractivity contribution in [3.05, 3.63) is 160 Å². The number of nitriles is 2. The minimum Gasteiger partial charge on any atom is -0.259 e. The Labute approximate surface area is 312 Å². The first-order chi connectivity index (χ1) is 26.7. The number of nitrogens with zero attached hydrogens (tertiary/aromatic N) is 10. The highest BCUT2D eigenvalue weighted by Crippen LogP contribution is 2.39. The van der Waals surface area contributed by atoms with Crippen molar-refractivity contribution in [3.8, 4) is 12.1 Å². The van der Waals surface area contributed by atoms with Crippen LogP contribution in [-0.2, 0) is 18.5 Å². The number of benzene rings is 3. The number of aromatic nitrogens is 1. The molecule has 1 aromatic heterocycles. The Hall–Kier alpha value is -7.33. The minimum absolute atomic E-state index is 0.00243. The van der Waals surface area contributed by atoms with Gasteiger partial charge in [-0.15, -0.1) is 0 Å². The van der Waals surface area contributed by atoms with Crippen LogP contribution in [0.5, 0.6) is 0 Å². The molecule has 3 aliphatic rings. The van der Waals surface area contributed by atoms with Crippen molar-refractivity contribution < 1.29 is 39.5 Å². The van der Waals surface area contributed by atoms with Gasteiger partial charge in [-0.1, -0.05) is 0 Å². The van der Waals surface area contributed by atoms with Crippen LogP contribution in [-0.4, -0.2) is 4.98 Å². The van der Waals surface area contributed by atoms with Gasteiger partial charge in [-0.2, -0.15) is 50.0 Å².